The lowest BCUT2D eigenvalue weighted by molar-refractivity contribution is 0.0511. The number of rotatable bonds is 16. The van der Waals surface area contributed by atoms with Gasteiger partial charge in [0.2, 0.25) is 17.8 Å². The number of hydrogen-bond acceptors (Lipinski definition) is 12. The standard InChI is InChI=1S/C28H38N8O5/c1-38-24-7-5-21(6-8-24)20-31-26-33-27(35-28(34-26)36-11-15-41-16-12-36)32-23-4-2-3-22(19-23)25(37)30-10-14-40-18-17-39-13-9-29/h2-8,19H,9-18,20,29H2,1H3,(H,30,37)(H2,31,32,33,34,35). The van der Waals surface area contributed by atoms with E-state index in [1.165, 1.54) is 0 Å². The van der Waals surface area contributed by atoms with Gasteiger partial charge in [-0.15, -0.1) is 0 Å². The molecule has 13 heteroatoms. The average Bonchev–Trinajstić information content (AvgIpc) is 3.02. The van der Waals surface area contributed by atoms with Crippen molar-refractivity contribution in [3.8, 4) is 5.75 Å². The zero-order valence-corrected chi connectivity index (χ0v) is 23.3. The van der Waals surface area contributed by atoms with Crippen molar-refractivity contribution < 1.29 is 23.7 Å². The van der Waals surface area contributed by atoms with Crippen LogP contribution in [0.3, 0.4) is 0 Å². The van der Waals surface area contributed by atoms with Gasteiger partial charge in [-0.05, 0) is 35.9 Å². The Hall–Kier alpha value is -4.04. The highest BCUT2D eigenvalue weighted by atomic mass is 16.5. The van der Waals surface area contributed by atoms with Gasteiger partial charge in [-0.1, -0.05) is 18.2 Å². The topological polar surface area (TPSA) is 158 Å². The van der Waals surface area contributed by atoms with Crippen LogP contribution >= 0.6 is 0 Å². The fourth-order valence-electron chi connectivity index (χ4n) is 3.94. The summed E-state index contributed by atoms with van der Waals surface area (Å²) in [4.78, 5) is 28.6. The Labute approximate surface area is 239 Å². The summed E-state index contributed by atoms with van der Waals surface area (Å²) in [6.45, 7) is 5.77. The predicted octanol–water partition coefficient (Wildman–Crippen LogP) is 1.79. The number of benzene rings is 2. The third-order valence-corrected chi connectivity index (χ3v) is 6.07. The lowest BCUT2D eigenvalue weighted by Gasteiger charge is -2.27. The number of hydrogen-bond donors (Lipinski definition) is 4. The molecule has 4 rings (SSSR count). The van der Waals surface area contributed by atoms with Crippen LogP contribution in [0.15, 0.2) is 48.5 Å². The molecular formula is C28H38N8O5. The van der Waals surface area contributed by atoms with Gasteiger partial charge in [0.05, 0.1) is 46.8 Å². The summed E-state index contributed by atoms with van der Waals surface area (Å²) >= 11 is 0. The normalized spacial score (nSPS) is 13.1. The average molecular weight is 567 g/mol. The molecule has 0 unspecified atom stereocenters. The van der Waals surface area contributed by atoms with Crippen LogP contribution in [0.1, 0.15) is 15.9 Å². The smallest absolute Gasteiger partial charge is 0.251 e. The molecule has 0 saturated carbocycles. The highest BCUT2D eigenvalue weighted by Gasteiger charge is 2.17. The fourth-order valence-corrected chi connectivity index (χ4v) is 3.94. The lowest BCUT2D eigenvalue weighted by Crippen LogP contribution is -2.37. The maximum absolute atomic E-state index is 12.7. The molecule has 5 N–H and O–H groups in total. The maximum atomic E-state index is 12.7. The van der Waals surface area contributed by atoms with Crippen molar-refractivity contribution in [3.05, 3.63) is 59.7 Å². The Kier molecular flexibility index (Phi) is 11.9. The molecule has 13 nitrogen and oxygen atoms in total. The minimum absolute atomic E-state index is 0.205. The summed E-state index contributed by atoms with van der Waals surface area (Å²) in [5, 5.41) is 9.38. The van der Waals surface area contributed by atoms with Gasteiger partial charge in [0.1, 0.15) is 5.75 Å². The number of nitrogens with two attached hydrogens (primary N) is 1. The van der Waals surface area contributed by atoms with E-state index in [-0.39, 0.29) is 5.91 Å². The molecule has 1 saturated heterocycles. The van der Waals surface area contributed by atoms with Crippen LogP contribution < -0.4 is 31.3 Å². The SMILES string of the molecule is COc1ccc(CNc2nc(Nc3cccc(C(=O)NCCOCCOCCN)c3)nc(N3CCOCC3)n2)cc1. The summed E-state index contributed by atoms with van der Waals surface area (Å²) in [6, 6.07) is 14.9. The molecule has 3 aromatic rings. The highest BCUT2D eigenvalue weighted by molar-refractivity contribution is 5.95. The van der Waals surface area contributed by atoms with Crippen LogP contribution in [0.5, 0.6) is 5.75 Å². The minimum atomic E-state index is -0.205. The van der Waals surface area contributed by atoms with E-state index in [2.05, 4.69) is 35.8 Å². The van der Waals surface area contributed by atoms with Crippen LogP contribution in [0, 0.1) is 0 Å². The van der Waals surface area contributed by atoms with Crippen LogP contribution in [-0.2, 0) is 20.8 Å². The molecule has 1 aliphatic heterocycles. The lowest BCUT2D eigenvalue weighted by atomic mass is 10.2. The van der Waals surface area contributed by atoms with Gasteiger partial charge in [0.25, 0.3) is 5.91 Å². The van der Waals surface area contributed by atoms with E-state index in [9.17, 15) is 4.79 Å². The van der Waals surface area contributed by atoms with Gasteiger partial charge in [-0.25, -0.2) is 0 Å². The molecule has 1 aliphatic rings. The van der Waals surface area contributed by atoms with Crippen molar-refractivity contribution in [2.75, 3.05) is 88.5 Å². The molecule has 0 radical (unpaired) electrons. The number of carbonyl (C=O) groups is 1. The Balaban J connectivity index is 1.38. The Morgan fingerprint density at radius 2 is 1.73 bits per heavy atom. The van der Waals surface area contributed by atoms with Gasteiger partial charge >= 0.3 is 0 Å². The van der Waals surface area contributed by atoms with E-state index < -0.39 is 0 Å². The third-order valence-electron chi connectivity index (χ3n) is 6.07. The van der Waals surface area contributed by atoms with Crippen molar-refractivity contribution in [2.45, 2.75) is 6.54 Å². The monoisotopic (exact) mass is 566 g/mol. The van der Waals surface area contributed by atoms with E-state index in [1.54, 1.807) is 25.3 Å². The Morgan fingerprint density at radius 1 is 0.976 bits per heavy atom. The maximum Gasteiger partial charge on any atom is 0.251 e. The van der Waals surface area contributed by atoms with Crippen molar-refractivity contribution in [1.29, 1.82) is 0 Å². The van der Waals surface area contributed by atoms with E-state index in [0.29, 0.717) is 101 Å². The fraction of sp³-hybridized carbons (Fsp3) is 0.429. The molecule has 1 amide bonds. The quantitative estimate of drug-likeness (QED) is 0.187. The van der Waals surface area contributed by atoms with Gasteiger partial charge in [-0.3, -0.25) is 4.79 Å². The predicted molar refractivity (Wildman–Crippen MR) is 156 cm³/mol. The first kappa shape index (κ1) is 29.9. The Morgan fingerprint density at radius 3 is 2.49 bits per heavy atom. The first-order valence-electron chi connectivity index (χ1n) is 13.6. The number of carbonyl (C=O) groups excluding carboxylic acids is 1. The first-order chi connectivity index (χ1) is 20.1. The highest BCUT2D eigenvalue weighted by Crippen LogP contribution is 2.20. The Bertz CT molecular complexity index is 1220. The molecule has 1 aromatic heterocycles. The third kappa shape index (κ3) is 9.83. The molecule has 2 aromatic carbocycles. The number of anilines is 4. The molecule has 0 aliphatic carbocycles. The summed E-state index contributed by atoms with van der Waals surface area (Å²) in [5.74, 6) is 1.93. The number of methoxy groups -OCH3 is 1. The van der Waals surface area contributed by atoms with Crippen molar-refractivity contribution in [3.63, 3.8) is 0 Å². The van der Waals surface area contributed by atoms with Crippen molar-refractivity contribution >= 4 is 29.4 Å². The molecule has 2 heterocycles. The van der Waals surface area contributed by atoms with E-state index in [0.717, 1.165) is 11.3 Å². The molecule has 0 bridgehead atoms. The number of morpholine rings is 1. The van der Waals surface area contributed by atoms with Gasteiger partial charge < -0.3 is 45.5 Å². The molecule has 41 heavy (non-hydrogen) atoms. The van der Waals surface area contributed by atoms with Gasteiger partial charge in [0.15, 0.2) is 0 Å². The second-order valence-electron chi connectivity index (χ2n) is 9.06. The van der Waals surface area contributed by atoms with Crippen LogP contribution in [0.4, 0.5) is 23.5 Å². The van der Waals surface area contributed by atoms with Crippen molar-refractivity contribution in [1.82, 2.24) is 20.3 Å². The van der Waals surface area contributed by atoms with E-state index >= 15 is 0 Å². The van der Waals surface area contributed by atoms with E-state index in [4.69, 9.17) is 24.7 Å². The minimum Gasteiger partial charge on any atom is -0.497 e. The van der Waals surface area contributed by atoms with E-state index in [1.807, 2.05) is 30.3 Å². The number of nitrogens with zero attached hydrogens (tertiary/aromatic N) is 4. The van der Waals surface area contributed by atoms with Gasteiger partial charge in [-0.2, -0.15) is 15.0 Å². The summed E-state index contributed by atoms with van der Waals surface area (Å²) in [7, 11) is 1.64. The second kappa shape index (κ2) is 16.3. The van der Waals surface area contributed by atoms with Crippen molar-refractivity contribution in [2.24, 2.45) is 5.73 Å². The number of nitrogens with one attached hydrogen (secondary N) is 3. The van der Waals surface area contributed by atoms with Gasteiger partial charge in [0, 0.05) is 44.0 Å². The first-order valence-corrected chi connectivity index (χ1v) is 13.6. The molecule has 0 spiro atoms. The van der Waals surface area contributed by atoms with Crippen LogP contribution in [0.2, 0.25) is 0 Å². The number of aromatic nitrogens is 3. The summed E-state index contributed by atoms with van der Waals surface area (Å²) in [5.41, 5.74) is 7.60. The van der Waals surface area contributed by atoms with Crippen LogP contribution in [0.25, 0.3) is 0 Å². The summed E-state index contributed by atoms with van der Waals surface area (Å²) in [6.07, 6.45) is 0. The molecule has 220 valence electrons. The molecular weight excluding hydrogens is 528 g/mol. The zero-order chi connectivity index (χ0) is 28.7. The number of amides is 1. The van der Waals surface area contributed by atoms with Crippen LogP contribution in [-0.4, -0.2) is 93.8 Å². The molecule has 1 fully saturated rings. The second-order valence-corrected chi connectivity index (χ2v) is 9.06. The largest absolute Gasteiger partial charge is 0.497 e. The molecule has 0 atom stereocenters. The number of ether oxygens (including phenoxy) is 4. The zero-order valence-electron chi connectivity index (χ0n) is 23.3. The summed E-state index contributed by atoms with van der Waals surface area (Å²) < 4.78 is 21.4.